The smallest absolute Gasteiger partial charge is 0.0185 e. The van der Waals surface area contributed by atoms with Crippen LogP contribution in [-0.4, -0.2) is 5.54 Å². The first kappa shape index (κ1) is 11.0. The minimum Gasteiger partial charge on any atom is -0.325 e. The molecule has 13 heavy (non-hydrogen) atoms. The molecule has 0 heterocycles. The van der Waals surface area contributed by atoms with Crippen molar-refractivity contribution < 1.29 is 0 Å². The molecule has 1 nitrogen and oxygen atoms in total. The highest BCUT2D eigenvalue weighted by molar-refractivity contribution is 4.98. The first-order valence-corrected chi connectivity index (χ1v) is 5.69. The van der Waals surface area contributed by atoms with E-state index < -0.39 is 0 Å². The van der Waals surface area contributed by atoms with Crippen LogP contribution in [0.3, 0.4) is 0 Å². The van der Waals surface area contributed by atoms with Crippen molar-refractivity contribution >= 4 is 0 Å². The maximum absolute atomic E-state index is 6.49. The van der Waals surface area contributed by atoms with Crippen molar-refractivity contribution in [1.82, 2.24) is 0 Å². The third-order valence-electron chi connectivity index (χ3n) is 3.78. The topological polar surface area (TPSA) is 26.0 Å². The van der Waals surface area contributed by atoms with E-state index in [0.29, 0.717) is 11.3 Å². The van der Waals surface area contributed by atoms with E-state index in [0.717, 1.165) is 6.42 Å². The zero-order chi connectivity index (χ0) is 10.1. The average Bonchev–Trinajstić information content (AvgIpc) is 2.03. The zero-order valence-electron chi connectivity index (χ0n) is 9.69. The molecule has 78 valence electrons. The average molecular weight is 183 g/mol. The van der Waals surface area contributed by atoms with Crippen molar-refractivity contribution in [1.29, 1.82) is 0 Å². The van der Waals surface area contributed by atoms with Crippen molar-refractivity contribution in [2.75, 3.05) is 0 Å². The van der Waals surface area contributed by atoms with Crippen LogP contribution in [-0.2, 0) is 0 Å². The number of hydrogen-bond acceptors (Lipinski definition) is 1. The third-order valence-corrected chi connectivity index (χ3v) is 3.78. The summed E-state index contributed by atoms with van der Waals surface area (Å²) in [5.74, 6) is 0.707. The van der Waals surface area contributed by atoms with Crippen molar-refractivity contribution in [3.63, 3.8) is 0 Å². The standard InChI is InChI=1S/C12H25N/c1-5-12(13)9-7-6-8-10(12)11(2,3)4/h10H,5-9,13H2,1-4H3. The third kappa shape index (κ3) is 2.25. The van der Waals surface area contributed by atoms with Crippen LogP contribution in [0, 0.1) is 11.3 Å². The minimum absolute atomic E-state index is 0.122. The van der Waals surface area contributed by atoms with E-state index in [4.69, 9.17) is 5.73 Å². The predicted molar refractivity (Wildman–Crippen MR) is 58.6 cm³/mol. The zero-order valence-corrected chi connectivity index (χ0v) is 9.69. The van der Waals surface area contributed by atoms with Crippen LogP contribution in [0.25, 0.3) is 0 Å². The Balaban J connectivity index is 2.79. The van der Waals surface area contributed by atoms with Gasteiger partial charge in [0.15, 0.2) is 0 Å². The Labute approximate surface area is 83.1 Å². The van der Waals surface area contributed by atoms with Gasteiger partial charge in [0.05, 0.1) is 0 Å². The Bertz CT molecular complexity index is 168. The Morgan fingerprint density at radius 1 is 1.31 bits per heavy atom. The normalized spacial score (nSPS) is 36.2. The Hall–Kier alpha value is -0.0400. The summed E-state index contributed by atoms with van der Waals surface area (Å²) >= 11 is 0. The SMILES string of the molecule is CCC1(N)CCCCC1C(C)(C)C. The van der Waals surface area contributed by atoms with Crippen LogP contribution >= 0.6 is 0 Å². The van der Waals surface area contributed by atoms with E-state index in [1.807, 2.05) is 0 Å². The number of rotatable bonds is 1. The molecule has 0 aromatic heterocycles. The highest BCUT2D eigenvalue weighted by Gasteiger charge is 2.41. The molecule has 2 unspecified atom stereocenters. The van der Waals surface area contributed by atoms with Crippen LogP contribution in [0.2, 0.25) is 0 Å². The monoisotopic (exact) mass is 183 g/mol. The molecule has 1 rings (SSSR count). The van der Waals surface area contributed by atoms with Gasteiger partial charge >= 0.3 is 0 Å². The fourth-order valence-electron chi connectivity index (χ4n) is 2.98. The van der Waals surface area contributed by atoms with Crippen molar-refractivity contribution in [2.45, 2.75) is 65.3 Å². The van der Waals surface area contributed by atoms with Gasteiger partial charge in [-0.25, -0.2) is 0 Å². The van der Waals surface area contributed by atoms with E-state index in [-0.39, 0.29) is 5.54 Å². The van der Waals surface area contributed by atoms with E-state index in [9.17, 15) is 0 Å². The van der Waals surface area contributed by atoms with Gasteiger partial charge in [-0.15, -0.1) is 0 Å². The lowest BCUT2D eigenvalue weighted by molar-refractivity contribution is 0.0765. The summed E-state index contributed by atoms with van der Waals surface area (Å²) < 4.78 is 0. The van der Waals surface area contributed by atoms with E-state index in [1.54, 1.807) is 0 Å². The van der Waals surface area contributed by atoms with E-state index >= 15 is 0 Å². The first-order chi connectivity index (χ1) is 5.90. The summed E-state index contributed by atoms with van der Waals surface area (Å²) in [6.45, 7) is 9.24. The first-order valence-electron chi connectivity index (χ1n) is 5.69. The summed E-state index contributed by atoms with van der Waals surface area (Å²) in [5, 5.41) is 0. The molecule has 0 amide bonds. The van der Waals surface area contributed by atoms with Crippen LogP contribution in [0.15, 0.2) is 0 Å². The molecule has 2 atom stereocenters. The van der Waals surface area contributed by atoms with Gasteiger partial charge in [-0.05, 0) is 30.6 Å². The summed E-state index contributed by atoms with van der Waals surface area (Å²) in [6.07, 6.45) is 6.39. The fourth-order valence-corrected chi connectivity index (χ4v) is 2.98. The maximum Gasteiger partial charge on any atom is 0.0185 e. The molecule has 0 aromatic carbocycles. The summed E-state index contributed by atoms with van der Waals surface area (Å²) in [6, 6.07) is 0. The van der Waals surface area contributed by atoms with Gasteiger partial charge in [-0.1, -0.05) is 40.5 Å². The van der Waals surface area contributed by atoms with Crippen molar-refractivity contribution in [3.8, 4) is 0 Å². The minimum atomic E-state index is 0.122. The van der Waals surface area contributed by atoms with Gasteiger partial charge in [-0.3, -0.25) is 0 Å². The lowest BCUT2D eigenvalue weighted by atomic mass is 9.61. The fraction of sp³-hybridized carbons (Fsp3) is 1.00. The van der Waals surface area contributed by atoms with Crippen molar-refractivity contribution in [2.24, 2.45) is 17.1 Å². The molecule has 1 aliphatic rings. The van der Waals surface area contributed by atoms with E-state index in [1.165, 1.54) is 25.7 Å². The second-order valence-electron chi connectivity index (χ2n) is 5.75. The molecule has 2 N–H and O–H groups in total. The molecule has 1 heteroatoms. The molecular formula is C12H25N. The lowest BCUT2D eigenvalue weighted by Crippen LogP contribution is -2.53. The summed E-state index contributed by atoms with van der Waals surface area (Å²) in [7, 11) is 0. The maximum atomic E-state index is 6.49. The Kier molecular flexibility index (Phi) is 3.06. The van der Waals surface area contributed by atoms with Gasteiger partial charge in [0.25, 0.3) is 0 Å². The van der Waals surface area contributed by atoms with Gasteiger partial charge < -0.3 is 5.73 Å². The van der Waals surface area contributed by atoms with Gasteiger partial charge in [-0.2, -0.15) is 0 Å². The highest BCUT2D eigenvalue weighted by atomic mass is 14.8. The van der Waals surface area contributed by atoms with Gasteiger partial charge in [0, 0.05) is 5.54 Å². The molecule has 0 radical (unpaired) electrons. The molecule has 1 aliphatic carbocycles. The molecule has 1 fully saturated rings. The van der Waals surface area contributed by atoms with Crippen LogP contribution in [0.5, 0.6) is 0 Å². The summed E-state index contributed by atoms with van der Waals surface area (Å²) in [5.41, 5.74) is 6.99. The predicted octanol–water partition coefficient (Wildman–Crippen LogP) is 3.33. The molecule has 0 aromatic rings. The molecule has 0 aliphatic heterocycles. The number of hydrogen-bond donors (Lipinski definition) is 1. The lowest BCUT2D eigenvalue weighted by Gasteiger charge is -2.47. The van der Waals surface area contributed by atoms with Crippen LogP contribution < -0.4 is 5.73 Å². The van der Waals surface area contributed by atoms with Crippen molar-refractivity contribution in [3.05, 3.63) is 0 Å². The largest absolute Gasteiger partial charge is 0.325 e. The molecule has 1 saturated carbocycles. The Morgan fingerprint density at radius 3 is 2.31 bits per heavy atom. The molecule has 0 bridgehead atoms. The molecule has 0 spiro atoms. The van der Waals surface area contributed by atoms with Gasteiger partial charge in [0.1, 0.15) is 0 Å². The second-order valence-corrected chi connectivity index (χ2v) is 5.75. The van der Waals surface area contributed by atoms with E-state index in [2.05, 4.69) is 27.7 Å². The second kappa shape index (κ2) is 3.61. The Morgan fingerprint density at radius 2 is 1.92 bits per heavy atom. The quantitative estimate of drug-likeness (QED) is 0.663. The van der Waals surface area contributed by atoms with Crippen LogP contribution in [0.1, 0.15) is 59.8 Å². The molecule has 0 saturated heterocycles. The van der Waals surface area contributed by atoms with Crippen LogP contribution in [0.4, 0.5) is 0 Å². The highest BCUT2D eigenvalue weighted by Crippen LogP contribution is 2.44. The number of nitrogens with two attached hydrogens (primary N) is 1. The molecular weight excluding hydrogens is 158 g/mol. The van der Waals surface area contributed by atoms with Gasteiger partial charge in [0.2, 0.25) is 0 Å². The summed E-state index contributed by atoms with van der Waals surface area (Å²) in [4.78, 5) is 0.